The summed E-state index contributed by atoms with van der Waals surface area (Å²) in [5.74, 6) is 0.645. The first-order chi connectivity index (χ1) is 15.5. The Morgan fingerprint density at radius 1 is 0.971 bits per heavy atom. The van der Waals surface area contributed by atoms with Crippen molar-refractivity contribution in [2.24, 2.45) is 0 Å². The van der Waals surface area contributed by atoms with Gasteiger partial charge in [-0.3, -0.25) is 14.8 Å². The molecule has 0 unspecified atom stereocenters. The van der Waals surface area contributed by atoms with Crippen molar-refractivity contribution < 1.29 is 13.9 Å². The van der Waals surface area contributed by atoms with Gasteiger partial charge in [0.1, 0.15) is 11.3 Å². The van der Waals surface area contributed by atoms with Crippen LogP contribution in [0.3, 0.4) is 0 Å². The Balaban J connectivity index is 0.00000162. The molecule has 0 saturated carbocycles. The number of halogens is 2. The Morgan fingerprint density at radius 2 is 1.71 bits per heavy atom. The fourth-order valence-electron chi connectivity index (χ4n) is 4.49. The van der Waals surface area contributed by atoms with E-state index in [1.54, 1.807) is 0 Å². The monoisotopic (exact) mass is 505 g/mol. The van der Waals surface area contributed by atoms with Gasteiger partial charge in [0.15, 0.2) is 5.58 Å². The lowest BCUT2D eigenvalue weighted by atomic mass is 10.1. The molecule has 4 aromatic rings. The minimum absolute atomic E-state index is 0. The van der Waals surface area contributed by atoms with Crippen LogP contribution in [0, 0.1) is 13.8 Å². The molecule has 0 amide bonds. The lowest BCUT2D eigenvalue weighted by Gasteiger charge is -2.34. The molecule has 5 rings (SSSR count). The first-order valence-corrected chi connectivity index (χ1v) is 11.0. The zero-order valence-corrected chi connectivity index (χ0v) is 20.9. The number of rotatable bonds is 5. The standard InChI is InChI=1S/C25H27N3O4.2ClH/c1-16-3-4-19-21(13-24(30)31-22(19)11-16)23-12-20-18(14-26-17(2)25(20)32-23)15-28-7-5-27(6-8-28)9-10-29;;/h3-4,11-14,29H,5-10,15H2,1-2H3;2*1H. The number of aryl methyl sites for hydroxylation is 2. The van der Waals surface area contributed by atoms with Gasteiger partial charge in [-0.25, -0.2) is 4.79 Å². The molecule has 4 heterocycles. The second-order valence-corrected chi connectivity index (χ2v) is 8.54. The molecular formula is C25H29Cl2N3O4. The quantitative estimate of drug-likeness (QED) is 0.407. The first-order valence-electron chi connectivity index (χ1n) is 11.0. The second-order valence-electron chi connectivity index (χ2n) is 8.54. The number of aliphatic hydroxyl groups excluding tert-OH is 1. The van der Waals surface area contributed by atoms with Gasteiger partial charge in [0.25, 0.3) is 0 Å². The number of piperazine rings is 1. The summed E-state index contributed by atoms with van der Waals surface area (Å²) in [6.45, 7) is 9.42. The van der Waals surface area contributed by atoms with Gasteiger partial charge in [0.2, 0.25) is 0 Å². The number of fused-ring (bicyclic) bond motifs is 2. The van der Waals surface area contributed by atoms with Gasteiger partial charge in [0.05, 0.1) is 12.3 Å². The third-order valence-electron chi connectivity index (χ3n) is 6.26. The average Bonchev–Trinajstić information content (AvgIpc) is 3.23. The summed E-state index contributed by atoms with van der Waals surface area (Å²) in [6.07, 6.45) is 1.93. The molecule has 1 aromatic carbocycles. The highest BCUT2D eigenvalue weighted by atomic mass is 35.5. The van der Waals surface area contributed by atoms with Gasteiger partial charge in [-0.1, -0.05) is 12.1 Å². The van der Waals surface area contributed by atoms with Crippen LogP contribution in [0.1, 0.15) is 16.8 Å². The van der Waals surface area contributed by atoms with Gasteiger partial charge in [-0.2, -0.15) is 0 Å². The summed E-state index contributed by atoms with van der Waals surface area (Å²) in [5, 5.41) is 11.0. The zero-order valence-electron chi connectivity index (χ0n) is 19.2. The summed E-state index contributed by atoms with van der Waals surface area (Å²) < 4.78 is 11.7. The summed E-state index contributed by atoms with van der Waals surface area (Å²) in [6, 6.07) is 9.36. The minimum Gasteiger partial charge on any atom is -0.454 e. The maximum Gasteiger partial charge on any atom is 0.336 e. The van der Waals surface area contributed by atoms with Gasteiger partial charge < -0.3 is 13.9 Å². The van der Waals surface area contributed by atoms with Crippen molar-refractivity contribution in [1.29, 1.82) is 0 Å². The summed E-state index contributed by atoms with van der Waals surface area (Å²) in [7, 11) is 0. The summed E-state index contributed by atoms with van der Waals surface area (Å²) in [5.41, 5.74) is 4.62. The number of furan rings is 1. The van der Waals surface area contributed by atoms with Crippen molar-refractivity contribution in [3.8, 4) is 11.3 Å². The predicted molar refractivity (Wildman–Crippen MR) is 138 cm³/mol. The van der Waals surface area contributed by atoms with E-state index in [1.807, 2.05) is 44.3 Å². The van der Waals surface area contributed by atoms with E-state index in [1.165, 1.54) is 6.07 Å². The highest BCUT2D eigenvalue weighted by Gasteiger charge is 2.20. The Bertz CT molecular complexity index is 1340. The highest BCUT2D eigenvalue weighted by molar-refractivity contribution is 5.95. The number of nitrogens with zero attached hydrogens (tertiary/aromatic N) is 3. The number of aliphatic hydroxyl groups is 1. The van der Waals surface area contributed by atoms with E-state index in [4.69, 9.17) is 13.9 Å². The number of pyridine rings is 1. The number of hydrogen-bond donors (Lipinski definition) is 1. The number of hydrogen-bond acceptors (Lipinski definition) is 7. The number of β-amino-alcohol motifs (C(OH)–C–C–N with tert-alkyl or cyclic N) is 1. The molecule has 0 aliphatic carbocycles. The SMILES string of the molecule is Cc1ccc2c(-c3cc4c(CN5CCN(CCO)CC5)cnc(C)c4o3)cc(=O)oc2c1.Cl.Cl. The van der Waals surface area contributed by atoms with Crippen LogP contribution >= 0.6 is 24.8 Å². The molecule has 1 N–H and O–H groups in total. The van der Waals surface area contributed by atoms with Gasteiger partial charge in [0, 0.05) is 67.9 Å². The van der Waals surface area contributed by atoms with E-state index in [-0.39, 0.29) is 31.4 Å². The van der Waals surface area contributed by atoms with E-state index in [2.05, 4.69) is 14.8 Å². The van der Waals surface area contributed by atoms with E-state index in [9.17, 15) is 4.79 Å². The van der Waals surface area contributed by atoms with Gasteiger partial charge >= 0.3 is 5.63 Å². The zero-order chi connectivity index (χ0) is 22.2. The second kappa shape index (κ2) is 10.9. The maximum atomic E-state index is 12.2. The van der Waals surface area contributed by atoms with Crippen molar-refractivity contribution in [1.82, 2.24) is 14.8 Å². The summed E-state index contributed by atoms with van der Waals surface area (Å²) in [4.78, 5) is 21.5. The molecule has 1 aliphatic heterocycles. The molecule has 0 atom stereocenters. The third-order valence-corrected chi connectivity index (χ3v) is 6.26. The molecule has 0 radical (unpaired) electrons. The Kier molecular flexibility index (Phi) is 8.38. The molecule has 1 saturated heterocycles. The van der Waals surface area contributed by atoms with E-state index >= 15 is 0 Å². The van der Waals surface area contributed by atoms with Gasteiger partial charge in [-0.15, -0.1) is 24.8 Å². The van der Waals surface area contributed by atoms with Crippen LogP contribution in [0.15, 0.2) is 50.2 Å². The lowest BCUT2D eigenvalue weighted by Crippen LogP contribution is -2.46. The fourth-order valence-corrected chi connectivity index (χ4v) is 4.49. The molecule has 0 bridgehead atoms. The maximum absolute atomic E-state index is 12.2. The molecule has 1 aliphatic rings. The molecule has 182 valence electrons. The molecule has 9 heteroatoms. The van der Waals surface area contributed by atoms with E-state index in [0.29, 0.717) is 11.3 Å². The van der Waals surface area contributed by atoms with Crippen LogP contribution in [0.4, 0.5) is 0 Å². The van der Waals surface area contributed by atoms with Crippen molar-refractivity contribution in [2.75, 3.05) is 39.3 Å². The van der Waals surface area contributed by atoms with Crippen LogP contribution < -0.4 is 5.63 Å². The Morgan fingerprint density at radius 3 is 2.44 bits per heavy atom. The molecule has 7 nitrogen and oxygen atoms in total. The normalized spacial score (nSPS) is 14.8. The fraction of sp³-hybridized carbons (Fsp3) is 0.360. The van der Waals surface area contributed by atoms with Crippen LogP contribution in [0.5, 0.6) is 0 Å². The van der Waals surface area contributed by atoms with Gasteiger partial charge in [-0.05, 0) is 37.1 Å². The molecule has 34 heavy (non-hydrogen) atoms. The van der Waals surface area contributed by atoms with E-state index < -0.39 is 5.63 Å². The van der Waals surface area contributed by atoms with Crippen LogP contribution in [0.2, 0.25) is 0 Å². The topological polar surface area (TPSA) is 83.0 Å². The lowest BCUT2D eigenvalue weighted by molar-refractivity contribution is 0.108. The number of aromatic nitrogens is 1. The van der Waals surface area contributed by atoms with Crippen molar-refractivity contribution in [3.05, 3.63) is 63.8 Å². The van der Waals surface area contributed by atoms with Crippen molar-refractivity contribution in [3.63, 3.8) is 0 Å². The first kappa shape index (κ1) is 26.2. The van der Waals surface area contributed by atoms with Crippen molar-refractivity contribution in [2.45, 2.75) is 20.4 Å². The molecule has 1 fully saturated rings. The minimum atomic E-state index is -0.394. The van der Waals surface area contributed by atoms with Crippen molar-refractivity contribution >= 4 is 46.8 Å². The molecule has 3 aromatic heterocycles. The largest absolute Gasteiger partial charge is 0.454 e. The average molecular weight is 506 g/mol. The molecular weight excluding hydrogens is 477 g/mol. The molecule has 0 spiro atoms. The Labute approximate surface area is 210 Å². The number of benzene rings is 1. The smallest absolute Gasteiger partial charge is 0.336 e. The van der Waals surface area contributed by atoms with Crippen LogP contribution in [0.25, 0.3) is 33.3 Å². The highest BCUT2D eigenvalue weighted by Crippen LogP contribution is 2.34. The summed E-state index contributed by atoms with van der Waals surface area (Å²) >= 11 is 0. The third kappa shape index (κ3) is 5.14. The predicted octanol–water partition coefficient (Wildman–Crippen LogP) is 4.17. The van der Waals surface area contributed by atoms with Crippen LogP contribution in [-0.4, -0.2) is 59.2 Å². The van der Waals surface area contributed by atoms with Crippen LogP contribution in [-0.2, 0) is 6.54 Å². The van der Waals surface area contributed by atoms with E-state index in [0.717, 1.165) is 78.0 Å². The Hall–Kier alpha value is -2.42.